The van der Waals surface area contributed by atoms with Crippen LogP contribution in [0, 0.1) is 5.92 Å². The molecule has 0 bridgehead atoms. The number of thiazole rings is 1. The van der Waals surface area contributed by atoms with Crippen molar-refractivity contribution in [2.45, 2.75) is 19.4 Å². The molecule has 1 saturated heterocycles. The summed E-state index contributed by atoms with van der Waals surface area (Å²) in [7, 11) is 0. The fourth-order valence-electron chi connectivity index (χ4n) is 2.38. The highest BCUT2D eigenvalue weighted by molar-refractivity contribution is 7.16. The van der Waals surface area contributed by atoms with Gasteiger partial charge in [-0.3, -0.25) is 0 Å². The molecule has 0 saturated carbocycles. The highest BCUT2D eigenvalue weighted by atomic mass is 32.1. The van der Waals surface area contributed by atoms with Gasteiger partial charge in [-0.25, -0.2) is 4.98 Å². The van der Waals surface area contributed by atoms with Crippen molar-refractivity contribution in [2.75, 3.05) is 19.8 Å². The second-order valence-electron chi connectivity index (χ2n) is 4.84. The van der Waals surface area contributed by atoms with E-state index in [0.717, 1.165) is 37.7 Å². The predicted molar refractivity (Wildman–Crippen MR) is 74.9 cm³/mol. The molecule has 96 valence electrons. The number of ether oxygens (including phenoxy) is 1. The molecule has 4 heteroatoms. The molecule has 0 amide bonds. The summed E-state index contributed by atoms with van der Waals surface area (Å²) in [6.45, 7) is 3.89. The number of hydrogen-bond acceptors (Lipinski definition) is 4. The summed E-state index contributed by atoms with van der Waals surface area (Å²) >= 11 is 1.70. The Hall–Kier alpha value is -0.970. The quantitative estimate of drug-likeness (QED) is 0.920. The van der Waals surface area contributed by atoms with Crippen LogP contribution < -0.4 is 5.32 Å². The summed E-state index contributed by atoms with van der Waals surface area (Å²) in [6.07, 6.45) is 2.39. The smallest absolute Gasteiger partial charge is 0.0815 e. The van der Waals surface area contributed by atoms with Crippen LogP contribution in [0.2, 0.25) is 0 Å². The van der Waals surface area contributed by atoms with E-state index in [4.69, 9.17) is 4.74 Å². The summed E-state index contributed by atoms with van der Waals surface area (Å²) in [5.41, 5.74) is 4.34. The van der Waals surface area contributed by atoms with Gasteiger partial charge in [0.2, 0.25) is 0 Å². The fraction of sp³-hybridized carbons (Fsp3) is 0.500. The molecule has 1 aromatic heterocycles. The van der Waals surface area contributed by atoms with Crippen molar-refractivity contribution < 1.29 is 4.74 Å². The first-order valence-electron chi connectivity index (χ1n) is 6.52. The molecule has 3 rings (SSSR count). The lowest BCUT2D eigenvalue weighted by Crippen LogP contribution is -2.27. The topological polar surface area (TPSA) is 34.2 Å². The molecule has 2 aromatic rings. The SMILES string of the molecule is c1nc2cc(CNCC3CCOCC3)ccc2s1. The molecular weight excluding hydrogens is 244 g/mol. The van der Waals surface area contributed by atoms with Crippen molar-refractivity contribution in [3.8, 4) is 0 Å². The van der Waals surface area contributed by atoms with E-state index in [1.54, 1.807) is 11.3 Å². The Balaban J connectivity index is 1.52. The van der Waals surface area contributed by atoms with E-state index in [0.29, 0.717) is 0 Å². The Kier molecular flexibility index (Phi) is 3.88. The van der Waals surface area contributed by atoms with Crippen molar-refractivity contribution in [3.05, 3.63) is 29.3 Å². The summed E-state index contributed by atoms with van der Waals surface area (Å²) in [4.78, 5) is 4.35. The zero-order chi connectivity index (χ0) is 12.2. The summed E-state index contributed by atoms with van der Waals surface area (Å²) in [6, 6.07) is 6.54. The van der Waals surface area contributed by atoms with Crippen molar-refractivity contribution in [2.24, 2.45) is 5.92 Å². The van der Waals surface area contributed by atoms with Crippen molar-refractivity contribution in [1.29, 1.82) is 0 Å². The molecule has 0 spiro atoms. The normalized spacial score (nSPS) is 17.3. The van der Waals surface area contributed by atoms with Gasteiger partial charge in [0.15, 0.2) is 0 Å². The molecular formula is C14H18N2OS. The zero-order valence-corrected chi connectivity index (χ0v) is 11.2. The molecule has 3 nitrogen and oxygen atoms in total. The summed E-state index contributed by atoms with van der Waals surface area (Å²) in [5, 5.41) is 3.55. The first-order valence-corrected chi connectivity index (χ1v) is 7.40. The molecule has 0 aliphatic carbocycles. The minimum Gasteiger partial charge on any atom is -0.381 e. The average molecular weight is 262 g/mol. The highest BCUT2D eigenvalue weighted by Gasteiger charge is 2.12. The average Bonchev–Trinajstić information content (AvgIpc) is 2.87. The van der Waals surface area contributed by atoms with E-state index in [1.807, 2.05) is 5.51 Å². The third-order valence-corrected chi connectivity index (χ3v) is 4.31. The molecule has 18 heavy (non-hydrogen) atoms. The van der Waals surface area contributed by atoms with Gasteiger partial charge in [0, 0.05) is 19.8 Å². The van der Waals surface area contributed by atoms with Crippen LogP contribution in [-0.4, -0.2) is 24.7 Å². The van der Waals surface area contributed by atoms with E-state index in [2.05, 4.69) is 28.5 Å². The number of nitrogens with zero attached hydrogens (tertiary/aromatic N) is 1. The first-order chi connectivity index (χ1) is 8.92. The van der Waals surface area contributed by atoms with Crippen molar-refractivity contribution in [3.63, 3.8) is 0 Å². The maximum Gasteiger partial charge on any atom is 0.0815 e. The Bertz CT molecular complexity index is 505. The van der Waals surface area contributed by atoms with Crippen LogP contribution in [0.5, 0.6) is 0 Å². The lowest BCUT2D eigenvalue weighted by Gasteiger charge is -2.22. The molecule has 0 atom stereocenters. The Morgan fingerprint density at radius 1 is 1.33 bits per heavy atom. The highest BCUT2D eigenvalue weighted by Crippen LogP contribution is 2.19. The van der Waals surface area contributed by atoms with Gasteiger partial charge in [-0.15, -0.1) is 11.3 Å². The lowest BCUT2D eigenvalue weighted by atomic mass is 10.0. The zero-order valence-electron chi connectivity index (χ0n) is 10.4. The second kappa shape index (κ2) is 5.78. The van der Waals surface area contributed by atoms with Crippen molar-refractivity contribution >= 4 is 21.6 Å². The maximum atomic E-state index is 5.37. The number of rotatable bonds is 4. The van der Waals surface area contributed by atoms with E-state index < -0.39 is 0 Å². The Morgan fingerprint density at radius 3 is 3.11 bits per heavy atom. The summed E-state index contributed by atoms with van der Waals surface area (Å²) < 4.78 is 6.64. The van der Waals surface area contributed by atoms with E-state index >= 15 is 0 Å². The number of benzene rings is 1. The van der Waals surface area contributed by atoms with Gasteiger partial charge in [-0.05, 0) is 43.0 Å². The van der Waals surface area contributed by atoms with Gasteiger partial charge in [-0.2, -0.15) is 0 Å². The number of fused-ring (bicyclic) bond motifs is 1. The van der Waals surface area contributed by atoms with Crippen molar-refractivity contribution in [1.82, 2.24) is 10.3 Å². The minimum atomic E-state index is 0.779. The van der Waals surface area contributed by atoms with Crippen LogP contribution >= 0.6 is 11.3 Å². The minimum absolute atomic E-state index is 0.779. The Labute approximate surface area is 111 Å². The molecule has 1 aromatic carbocycles. The third-order valence-electron chi connectivity index (χ3n) is 3.50. The number of nitrogens with one attached hydrogen (secondary N) is 1. The maximum absolute atomic E-state index is 5.37. The first kappa shape index (κ1) is 12.1. The molecule has 0 radical (unpaired) electrons. The van der Waals surface area contributed by atoms with Gasteiger partial charge in [-0.1, -0.05) is 6.07 Å². The van der Waals surface area contributed by atoms with E-state index in [9.17, 15) is 0 Å². The Morgan fingerprint density at radius 2 is 2.22 bits per heavy atom. The van der Waals surface area contributed by atoms with E-state index in [1.165, 1.54) is 23.1 Å². The lowest BCUT2D eigenvalue weighted by molar-refractivity contribution is 0.0662. The summed E-state index contributed by atoms with van der Waals surface area (Å²) in [5.74, 6) is 0.779. The fourth-order valence-corrected chi connectivity index (χ4v) is 3.04. The monoisotopic (exact) mass is 262 g/mol. The van der Waals surface area contributed by atoms with E-state index in [-0.39, 0.29) is 0 Å². The third kappa shape index (κ3) is 2.88. The molecule has 1 aliphatic heterocycles. The van der Waals surface area contributed by atoms with Gasteiger partial charge in [0.05, 0.1) is 15.7 Å². The largest absolute Gasteiger partial charge is 0.381 e. The van der Waals surface area contributed by atoms with Gasteiger partial charge >= 0.3 is 0 Å². The van der Waals surface area contributed by atoms with Crippen LogP contribution in [-0.2, 0) is 11.3 Å². The van der Waals surface area contributed by atoms with Gasteiger partial charge in [0.25, 0.3) is 0 Å². The molecule has 1 N–H and O–H groups in total. The number of hydrogen-bond donors (Lipinski definition) is 1. The molecule has 0 unspecified atom stereocenters. The van der Waals surface area contributed by atoms with Crippen LogP contribution in [0.1, 0.15) is 18.4 Å². The van der Waals surface area contributed by atoms with Crippen LogP contribution in [0.25, 0.3) is 10.2 Å². The van der Waals surface area contributed by atoms with Gasteiger partial charge in [0.1, 0.15) is 0 Å². The van der Waals surface area contributed by atoms with Crippen LogP contribution in [0.15, 0.2) is 23.7 Å². The molecule has 1 fully saturated rings. The van der Waals surface area contributed by atoms with Gasteiger partial charge < -0.3 is 10.1 Å². The van der Waals surface area contributed by atoms with Crippen LogP contribution in [0.3, 0.4) is 0 Å². The van der Waals surface area contributed by atoms with Crippen LogP contribution in [0.4, 0.5) is 0 Å². The second-order valence-corrected chi connectivity index (χ2v) is 5.73. The molecule has 2 heterocycles. The number of aromatic nitrogens is 1. The standard InChI is InChI=1S/C14H18N2OS/c1-2-14-13(16-10-18-14)7-12(1)9-15-8-11-3-5-17-6-4-11/h1-2,7,10-11,15H,3-6,8-9H2. The predicted octanol–water partition coefficient (Wildman–Crippen LogP) is 2.81. The molecule has 1 aliphatic rings.